The van der Waals surface area contributed by atoms with Gasteiger partial charge in [-0.2, -0.15) is 4.68 Å². The van der Waals surface area contributed by atoms with Gasteiger partial charge >= 0.3 is 6.09 Å². The van der Waals surface area contributed by atoms with Crippen molar-refractivity contribution in [2.45, 2.75) is 64.4 Å². The van der Waals surface area contributed by atoms with E-state index in [1.165, 1.54) is 10.2 Å². The number of carbonyl (C=O) groups is 1. The fourth-order valence-electron chi connectivity index (χ4n) is 4.98. The molecular formula is C31H35N5O2. The van der Waals surface area contributed by atoms with E-state index in [-0.39, 0.29) is 5.92 Å². The molecule has 2 aromatic carbocycles. The monoisotopic (exact) mass is 509 g/mol. The van der Waals surface area contributed by atoms with E-state index in [1.54, 1.807) is 0 Å². The molecule has 7 nitrogen and oxygen atoms in total. The van der Waals surface area contributed by atoms with Crippen LogP contribution in [0.3, 0.4) is 0 Å². The summed E-state index contributed by atoms with van der Waals surface area (Å²) >= 11 is 0. The number of nitrogen functional groups attached to an aromatic ring is 1. The van der Waals surface area contributed by atoms with Crippen molar-refractivity contribution in [3.8, 4) is 11.3 Å². The second-order valence-electron chi connectivity index (χ2n) is 11.0. The zero-order chi connectivity index (χ0) is 26.7. The average Bonchev–Trinajstić information content (AvgIpc) is 3.54. The Morgan fingerprint density at radius 1 is 0.974 bits per heavy atom. The molecule has 2 aromatic heterocycles. The SMILES string of the molecule is CC(C)(C)OC(=O)n1nc(Nc2cc(Cc3ccccc3)cc(-c3cccc(N)c3)n2)cc1C1CCCC1. The third kappa shape index (κ3) is 6.22. The lowest BCUT2D eigenvalue weighted by Crippen LogP contribution is -2.29. The number of nitrogens with two attached hydrogens (primary N) is 1. The number of carbonyl (C=O) groups excluding carboxylic acids is 1. The molecule has 38 heavy (non-hydrogen) atoms. The molecule has 0 amide bonds. The van der Waals surface area contributed by atoms with Crippen molar-refractivity contribution < 1.29 is 9.53 Å². The van der Waals surface area contributed by atoms with Gasteiger partial charge in [-0.1, -0.05) is 55.3 Å². The fourth-order valence-corrected chi connectivity index (χ4v) is 4.98. The zero-order valence-electron chi connectivity index (χ0n) is 22.3. The highest BCUT2D eigenvalue weighted by atomic mass is 16.6. The lowest BCUT2D eigenvalue weighted by molar-refractivity contribution is 0.0508. The van der Waals surface area contributed by atoms with Gasteiger partial charge in [0.15, 0.2) is 5.82 Å². The molecule has 3 N–H and O–H groups in total. The van der Waals surface area contributed by atoms with E-state index in [4.69, 9.17) is 15.5 Å². The molecule has 0 atom stereocenters. The molecule has 5 rings (SSSR count). The number of nitrogens with zero attached hydrogens (tertiary/aromatic N) is 3. The highest BCUT2D eigenvalue weighted by Crippen LogP contribution is 2.36. The van der Waals surface area contributed by atoms with Gasteiger partial charge in [-0.15, -0.1) is 5.10 Å². The van der Waals surface area contributed by atoms with Crippen LogP contribution in [0.15, 0.2) is 72.8 Å². The van der Waals surface area contributed by atoms with E-state index in [2.05, 4.69) is 28.6 Å². The minimum absolute atomic E-state index is 0.283. The maximum atomic E-state index is 13.1. The molecule has 0 unspecified atom stereocenters. The smallest absolute Gasteiger partial charge is 0.435 e. The normalized spacial score (nSPS) is 14.0. The first-order chi connectivity index (χ1) is 18.2. The Hall–Kier alpha value is -4.13. The Bertz CT molecular complexity index is 1420. The van der Waals surface area contributed by atoms with Gasteiger partial charge in [0.05, 0.1) is 11.4 Å². The van der Waals surface area contributed by atoms with Crippen LogP contribution in [0.1, 0.15) is 69.2 Å². The first-order valence-electron chi connectivity index (χ1n) is 13.2. The Kier molecular flexibility index (Phi) is 7.18. The first kappa shape index (κ1) is 25.5. The third-order valence-corrected chi connectivity index (χ3v) is 6.65. The van der Waals surface area contributed by atoms with Crippen LogP contribution in [0, 0.1) is 0 Å². The summed E-state index contributed by atoms with van der Waals surface area (Å²) in [6.07, 6.45) is 4.68. The predicted octanol–water partition coefficient (Wildman–Crippen LogP) is 7.30. The van der Waals surface area contributed by atoms with Crippen molar-refractivity contribution in [2.24, 2.45) is 0 Å². The van der Waals surface area contributed by atoms with Crippen molar-refractivity contribution in [3.63, 3.8) is 0 Å². The van der Waals surface area contributed by atoms with E-state index in [1.807, 2.05) is 75.4 Å². The van der Waals surface area contributed by atoms with Crippen LogP contribution in [0.4, 0.5) is 22.1 Å². The van der Waals surface area contributed by atoms with Gasteiger partial charge < -0.3 is 15.8 Å². The third-order valence-electron chi connectivity index (χ3n) is 6.65. The maximum absolute atomic E-state index is 13.1. The topological polar surface area (TPSA) is 95.1 Å². The van der Waals surface area contributed by atoms with Crippen LogP contribution in [-0.4, -0.2) is 26.5 Å². The Morgan fingerprint density at radius 3 is 2.45 bits per heavy atom. The predicted molar refractivity (Wildman–Crippen MR) is 152 cm³/mol. The van der Waals surface area contributed by atoms with Gasteiger partial charge in [0.1, 0.15) is 11.4 Å². The summed E-state index contributed by atoms with van der Waals surface area (Å²) in [5, 5.41) is 8.01. The lowest BCUT2D eigenvalue weighted by Gasteiger charge is -2.20. The van der Waals surface area contributed by atoms with Gasteiger partial charge in [0, 0.05) is 23.2 Å². The van der Waals surface area contributed by atoms with E-state index in [0.717, 1.165) is 54.6 Å². The number of hydrogen-bond donors (Lipinski definition) is 2. The minimum Gasteiger partial charge on any atom is -0.442 e. The van der Waals surface area contributed by atoms with Crippen LogP contribution in [0.25, 0.3) is 11.3 Å². The van der Waals surface area contributed by atoms with Gasteiger partial charge in [-0.3, -0.25) is 0 Å². The molecule has 4 aromatic rings. The summed E-state index contributed by atoms with van der Waals surface area (Å²) in [5.74, 6) is 1.51. The molecule has 1 aliphatic rings. The molecule has 1 aliphatic carbocycles. The highest BCUT2D eigenvalue weighted by molar-refractivity contribution is 5.73. The quantitative estimate of drug-likeness (QED) is 0.265. The average molecular weight is 510 g/mol. The summed E-state index contributed by atoms with van der Waals surface area (Å²) in [5.41, 5.74) is 11.1. The number of hydrogen-bond acceptors (Lipinski definition) is 6. The number of rotatable bonds is 6. The van der Waals surface area contributed by atoms with Crippen LogP contribution < -0.4 is 11.1 Å². The van der Waals surface area contributed by atoms with Gasteiger partial charge in [0.2, 0.25) is 0 Å². The number of pyridine rings is 1. The highest BCUT2D eigenvalue weighted by Gasteiger charge is 2.28. The Labute approximate surface area is 224 Å². The number of aromatic nitrogens is 3. The van der Waals surface area contributed by atoms with Crippen molar-refractivity contribution >= 4 is 23.4 Å². The van der Waals surface area contributed by atoms with Gasteiger partial charge in [-0.25, -0.2) is 9.78 Å². The van der Waals surface area contributed by atoms with Crippen molar-refractivity contribution in [1.29, 1.82) is 0 Å². The minimum atomic E-state index is -0.608. The van der Waals surface area contributed by atoms with E-state index in [0.29, 0.717) is 17.3 Å². The van der Waals surface area contributed by atoms with Crippen LogP contribution >= 0.6 is 0 Å². The summed E-state index contributed by atoms with van der Waals surface area (Å²) < 4.78 is 7.09. The Morgan fingerprint density at radius 2 is 1.74 bits per heavy atom. The fraction of sp³-hybridized carbons (Fsp3) is 0.323. The summed E-state index contributed by atoms with van der Waals surface area (Å²) in [6, 6.07) is 24.2. The van der Waals surface area contributed by atoms with Crippen LogP contribution in [0.2, 0.25) is 0 Å². The van der Waals surface area contributed by atoms with Crippen molar-refractivity contribution in [1.82, 2.24) is 14.8 Å². The molecule has 0 aliphatic heterocycles. The lowest BCUT2D eigenvalue weighted by atomic mass is 10.0. The number of ether oxygens (including phenoxy) is 1. The molecule has 0 bridgehead atoms. The standard InChI is InChI=1S/C31H35N5O2/c1-31(2,3)38-30(37)36-27(23-12-7-8-13-23)20-29(35-36)34-28-18-22(16-21-10-5-4-6-11-21)17-26(33-28)24-14-9-15-25(32)19-24/h4-6,9-11,14-15,17-20,23H,7-8,12-13,16,32H2,1-3H3,(H,33,34,35). The molecule has 0 radical (unpaired) electrons. The molecular weight excluding hydrogens is 474 g/mol. The molecule has 7 heteroatoms. The Balaban J connectivity index is 1.51. The summed E-state index contributed by atoms with van der Waals surface area (Å²) in [4.78, 5) is 17.9. The van der Waals surface area contributed by atoms with Crippen LogP contribution in [-0.2, 0) is 11.2 Å². The molecule has 196 valence electrons. The van der Waals surface area contributed by atoms with E-state index >= 15 is 0 Å². The second-order valence-corrected chi connectivity index (χ2v) is 11.0. The van der Waals surface area contributed by atoms with E-state index in [9.17, 15) is 4.79 Å². The molecule has 1 fully saturated rings. The van der Waals surface area contributed by atoms with E-state index < -0.39 is 11.7 Å². The number of benzene rings is 2. The second kappa shape index (κ2) is 10.7. The largest absolute Gasteiger partial charge is 0.442 e. The van der Waals surface area contributed by atoms with Gasteiger partial charge in [-0.05, 0) is 75.4 Å². The van der Waals surface area contributed by atoms with Crippen molar-refractivity contribution in [2.75, 3.05) is 11.1 Å². The molecule has 0 saturated heterocycles. The number of nitrogens with one attached hydrogen (secondary N) is 1. The van der Waals surface area contributed by atoms with Crippen molar-refractivity contribution in [3.05, 3.63) is 89.6 Å². The maximum Gasteiger partial charge on any atom is 0.435 e. The number of anilines is 3. The van der Waals surface area contributed by atoms with Gasteiger partial charge in [0.25, 0.3) is 0 Å². The molecule has 0 spiro atoms. The first-order valence-corrected chi connectivity index (χ1v) is 13.2. The van der Waals surface area contributed by atoms with Crippen LogP contribution in [0.5, 0.6) is 0 Å². The molecule has 1 saturated carbocycles. The summed E-state index contributed by atoms with van der Waals surface area (Å²) in [6.45, 7) is 5.59. The molecule has 2 heterocycles. The summed E-state index contributed by atoms with van der Waals surface area (Å²) in [7, 11) is 0. The zero-order valence-corrected chi connectivity index (χ0v) is 22.3.